The summed E-state index contributed by atoms with van der Waals surface area (Å²) in [6.45, 7) is 4.55. The SMILES string of the molecule is CC/C=C\C/C=C\C/C=C\C/C=C\C/C=C\C/C=C\CCCCCCCCCCC(=O)NC(COP(=O)([O-])OCC[N+](C)(C)C)C(O)/C=C/CCCCCCCCCCCCCCCCCCCCCCCCCCC. The van der Waals surface area contributed by atoms with Gasteiger partial charge in [-0.05, 0) is 70.6 Å². The zero-order chi connectivity index (χ0) is 55.6. The number of amides is 1. The van der Waals surface area contributed by atoms with Crippen LogP contribution >= 0.6 is 7.82 Å². The molecule has 0 aliphatic rings. The first-order chi connectivity index (χ1) is 37.0. The highest BCUT2D eigenvalue weighted by Gasteiger charge is 2.23. The van der Waals surface area contributed by atoms with Gasteiger partial charge in [0.15, 0.2) is 0 Å². The first kappa shape index (κ1) is 73.7. The van der Waals surface area contributed by atoms with Crippen molar-refractivity contribution in [2.75, 3.05) is 40.9 Å². The number of rotatable bonds is 58. The molecule has 9 heteroatoms. The van der Waals surface area contributed by atoms with E-state index in [1.165, 1.54) is 173 Å². The van der Waals surface area contributed by atoms with Crippen LogP contribution in [0.5, 0.6) is 0 Å². The maximum absolute atomic E-state index is 13.0. The Labute approximate surface area is 471 Å². The Balaban J connectivity index is 4.19. The van der Waals surface area contributed by atoms with Gasteiger partial charge in [0, 0.05) is 6.42 Å². The number of nitrogens with zero attached hydrogens (tertiary/aromatic N) is 1. The smallest absolute Gasteiger partial charge is 0.268 e. The second kappa shape index (κ2) is 57.4. The molecule has 2 N–H and O–H groups in total. The van der Waals surface area contributed by atoms with Gasteiger partial charge < -0.3 is 28.8 Å². The lowest BCUT2D eigenvalue weighted by atomic mass is 10.0. The maximum atomic E-state index is 13.0. The summed E-state index contributed by atoms with van der Waals surface area (Å²) in [7, 11) is 1.25. The molecule has 0 fully saturated rings. The highest BCUT2D eigenvalue weighted by molar-refractivity contribution is 7.45. The predicted molar refractivity (Wildman–Crippen MR) is 330 cm³/mol. The van der Waals surface area contributed by atoms with Crippen molar-refractivity contribution in [3.05, 3.63) is 85.1 Å². The van der Waals surface area contributed by atoms with Gasteiger partial charge in [-0.1, -0.05) is 292 Å². The lowest BCUT2D eigenvalue weighted by Crippen LogP contribution is -2.45. The number of carbonyl (C=O) groups is 1. The van der Waals surface area contributed by atoms with Crippen molar-refractivity contribution in [1.29, 1.82) is 0 Å². The van der Waals surface area contributed by atoms with E-state index in [9.17, 15) is 19.4 Å². The summed E-state index contributed by atoms with van der Waals surface area (Å²) >= 11 is 0. The quantitative estimate of drug-likeness (QED) is 0.0272. The molecule has 0 bridgehead atoms. The maximum Gasteiger partial charge on any atom is 0.268 e. The molecule has 0 heterocycles. The standard InChI is InChI=1S/C67H123N2O6P/c1-6-8-10-12-14-16-18-20-22-24-26-28-30-32-34-36-38-40-42-44-46-48-50-52-54-56-58-60-66(70)65(64-75-76(72,73)74-63-62-69(3,4)5)68-67(71)61-59-57-55-53-51-49-47-45-43-41-39-37-35-33-31-29-27-25-23-21-19-17-15-13-11-9-7-2/h9,11,15,17,21,23,27,29,33,35,39,41,58,60,65-66,70H,6-8,10,12-14,16,18-20,22,24-26,28,30-32,34,36-38,40,42-57,59,61-64H2,1-5H3,(H-,68,71,72,73)/b11-9-,17-15-,23-21-,29-27-,35-33-,41-39-,60-58+. The van der Waals surface area contributed by atoms with E-state index in [2.05, 4.69) is 92.1 Å². The lowest BCUT2D eigenvalue weighted by molar-refractivity contribution is -0.870. The van der Waals surface area contributed by atoms with Crippen LogP contribution in [-0.2, 0) is 18.4 Å². The number of phosphoric ester groups is 1. The third-order valence-electron chi connectivity index (χ3n) is 14.1. The average molecular weight is 1080 g/mol. The van der Waals surface area contributed by atoms with Crippen molar-refractivity contribution < 1.29 is 32.9 Å². The summed E-state index contributed by atoms with van der Waals surface area (Å²) in [5, 5.41) is 13.9. The van der Waals surface area contributed by atoms with Crippen LogP contribution in [0.3, 0.4) is 0 Å². The first-order valence-corrected chi connectivity index (χ1v) is 33.4. The van der Waals surface area contributed by atoms with Crippen LogP contribution < -0.4 is 10.2 Å². The Morgan fingerprint density at radius 1 is 0.474 bits per heavy atom. The van der Waals surface area contributed by atoms with E-state index in [0.29, 0.717) is 17.4 Å². The second-order valence-corrected chi connectivity index (χ2v) is 24.1. The zero-order valence-electron chi connectivity index (χ0n) is 50.4. The van der Waals surface area contributed by atoms with Crippen LogP contribution in [0.15, 0.2) is 85.1 Å². The normalized spacial score (nSPS) is 14.4. The van der Waals surface area contributed by atoms with Gasteiger partial charge in [-0.25, -0.2) is 0 Å². The molecule has 0 aliphatic heterocycles. The Bertz CT molecular complexity index is 1510. The van der Waals surface area contributed by atoms with Gasteiger partial charge in [-0.3, -0.25) is 9.36 Å². The molecule has 3 atom stereocenters. The molecule has 8 nitrogen and oxygen atoms in total. The first-order valence-electron chi connectivity index (χ1n) is 31.9. The van der Waals surface area contributed by atoms with E-state index in [-0.39, 0.29) is 19.1 Å². The van der Waals surface area contributed by atoms with E-state index >= 15 is 0 Å². The van der Waals surface area contributed by atoms with Gasteiger partial charge >= 0.3 is 0 Å². The summed E-state index contributed by atoms with van der Waals surface area (Å²) in [6.07, 6.45) is 81.0. The number of hydrogen-bond donors (Lipinski definition) is 2. The summed E-state index contributed by atoms with van der Waals surface area (Å²) in [5.74, 6) is -0.206. The van der Waals surface area contributed by atoms with Crippen molar-refractivity contribution in [3.63, 3.8) is 0 Å². The Morgan fingerprint density at radius 2 is 0.803 bits per heavy atom. The van der Waals surface area contributed by atoms with E-state index < -0.39 is 20.0 Å². The minimum atomic E-state index is -4.61. The van der Waals surface area contributed by atoms with Crippen LogP contribution in [0.2, 0.25) is 0 Å². The van der Waals surface area contributed by atoms with Gasteiger partial charge in [-0.15, -0.1) is 0 Å². The largest absolute Gasteiger partial charge is 0.756 e. The van der Waals surface area contributed by atoms with E-state index in [4.69, 9.17) is 9.05 Å². The van der Waals surface area contributed by atoms with Crippen LogP contribution in [0.4, 0.5) is 0 Å². The average Bonchev–Trinajstić information content (AvgIpc) is 3.38. The Hall–Kier alpha value is -2.32. The molecule has 0 spiro atoms. The van der Waals surface area contributed by atoms with E-state index in [1.54, 1.807) is 6.08 Å². The molecular weight excluding hydrogens is 960 g/mol. The third-order valence-corrected chi connectivity index (χ3v) is 15.1. The molecule has 0 radical (unpaired) electrons. The molecular formula is C67H123N2O6P. The minimum Gasteiger partial charge on any atom is -0.756 e. The molecule has 442 valence electrons. The number of hydrogen-bond acceptors (Lipinski definition) is 6. The monoisotopic (exact) mass is 1080 g/mol. The minimum absolute atomic E-state index is 0.00626. The Kier molecular flexibility index (Phi) is 55.6. The van der Waals surface area contributed by atoms with E-state index in [0.717, 1.165) is 89.9 Å². The molecule has 0 aromatic carbocycles. The van der Waals surface area contributed by atoms with Crippen LogP contribution in [0.1, 0.15) is 284 Å². The molecule has 76 heavy (non-hydrogen) atoms. The van der Waals surface area contributed by atoms with Gasteiger partial charge in [0.05, 0.1) is 39.9 Å². The summed E-state index contributed by atoms with van der Waals surface area (Å²) in [4.78, 5) is 25.6. The molecule has 1 amide bonds. The number of likely N-dealkylation sites (N-methyl/N-ethyl adjacent to an activating group) is 1. The van der Waals surface area contributed by atoms with E-state index in [1.807, 2.05) is 27.2 Å². The van der Waals surface area contributed by atoms with Crippen molar-refractivity contribution in [3.8, 4) is 0 Å². The topological polar surface area (TPSA) is 108 Å². The van der Waals surface area contributed by atoms with Gasteiger partial charge in [0.25, 0.3) is 7.82 Å². The highest BCUT2D eigenvalue weighted by atomic mass is 31.2. The molecule has 0 aromatic heterocycles. The summed E-state index contributed by atoms with van der Waals surface area (Å²) < 4.78 is 23.4. The molecule has 0 rings (SSSR count). The number of carbonyl (C=O) groups excluding carboxylic acids is 1. The van der Waals surface area contributed by atoms with Crippen LogP contribution in [-0.4, -0.2) is 68.5 Å². The number of phosphoric acid groups is 1. The fourth-order valence-corrected chi connectivity index (χ4v) is 9.88. The number of unbranched alkanes of at least 4 members (excludes halogenated alkanes) is 33. The lowest BCUT2D eigenvalue weighted by Gasteiger charge is -2.29. The van der Waals surface area contributed by atoms with Crippen molar-refractivity contribution in [2.45, 2.75) is 296 Å². The zero-order valence-corrected chi connectivity index (χ0v) is 51.3. The van der Waals surface area contributed by atoms with Crippen molar-refractivity contribution in [2.24, 2.45) is 0 Å². The number of aliphatic hydroxyl groups is 1. The summed E-state index contributed by atoms with van der Waals surface area (Å²) in [6, 6.07) is -0.898. The molecule has 0 aliphatic carbocycles. The molecule has 0 saturated heterocycles. The van der Waals surface area contributed by atoms with Crippen molar-refractivity contribution >= 4 is 13.7 Å². The highest BCUT2D eigenvalue weighted by Crippen LogP contribution is 2.38. The predicted octanol–water partition coefficient (Wildman–Crippen LogP) is 19.4. The summed E-state index contributed by atoms with van der Waals surface area (Å²) in [5.41, 5.74) is 0. The van der Waals surface area contributed by atoms with Gasteiger partial charge in [0.2, 0.25) is 5.91 Å². The number of quaternary nitrogens is 1. The Morgan fingerprint density at radius 3 is 1.17 bits per heavy atom. The van der Waals surface area contributed by atoms with Crippen LogP contribution in [0, 0.1) is 0 Å². The number of aliphatic hydroxyl groups excluding tert-OH is 1. The second-order valence-electron chi connectivity index (χ2n) is 22.7. The fourth-order valence-electron chi connectivity index (χ4n) is 9.16. The number of nitrogens with one attached hydrogen (secondary N) is 1. The number of allylic oxidation sites excluding steroid dienone is 13. The van der Waals surface area contributed by atoms with Crippen LogP contribution in [0.25, 0.3) is 0 Å². The third kappa shape index (κ3) is 59.3. The van der Waals surface area contributed by atoms with Gasteiger partial charge in [-0.2, -0.15) is 0 Å². The molecule has 3 unspecified atom stereocenters. The molecule has 0 aromatic rings. The fraction of sp³-hybridized carbons (Fsp3) is 0.776. The molecule has 0 saturated carbocycles. The van der Waals surface area contributed by atoms with Gasteiger partial charge in [0.1, 0.15) is 13.2 Å². The van der Waals surface area contributed by atoms with Crippen molar-refractivity contribution in [1.82, 2.24) is 5.32 Å².